The minimum atomic E-state index is 0.507. The zero-order valence-corrected chi connectivity index (χ0v) is 9.95. The van der Waals surface area contributed by atoms with E-state index in [-0.39, 0.29) is 0 Å². The molecule has 0 aliphatic heterocycles. The Morgan fingerprint density at radius 2 is 0.824 bits per heavy atom. The van der Waals surface area contributed by atoms with E-state index < -0.39 is 0 Å². The van der Waals surface area contributed by atoms with Gasteiger partial charge in [0, 0.05) is 0 Å². The first-order chi connectivity index (χ1) is 8.35. The average molecular weight is 220 g/mol. The van der Waals surface area contributed by atoms with Crippen molar-refractivity contribution in [2.45, 2.75) is 25.7 Å². The molecule has 0 fully saturated rings. The van der Waals surface area contributed by atoms with Gasteiger partial charge in [0.15, 0.2) is 0 Å². The Labute approximate surface area is 102 Å². The molecule has 2 aromatic carbocycles. The van der Waals surface area contributed by atoms with E-state index in [1.54, 1.807) is 22.3 Å². The smallest absolute Gasteiger partial charge is 0.0136 e. The predicted octanol–water partition coefficient (Wildman–Crippen LogP) is 3.57. The molecule has 0 nitrogen and oxygen atoms in total. The number of fused-ring (bicyclic) bond motifs is 2. The summed E-state index contributed by atoms with van der Waals surface area (Å²) in [5.74, 6) is 0. The third-order valence-corrected chi connectivity index (χ3v) is 4.50. The van der Waals surface area contributed by atoms with E-state index in [2.05, 4.69) is 48.5 Å². The minimum absolute atomic E-state index is 0.507. The van der Waals surface area contributed by atoms with E-state index >= 15 is 0 Å². The maximum atomic E-state index is 2.31. The van der Waals surface area contributed by atoms with Gasteiger partial charge in [-0.25, -0.2) is 0 Å². The summed E-state index contributed by atoms with van der Waals surface area (Å²) in [5, 5.41) is 0. The number of hydrogen-bond donors (Lipinski definition) is 0. The lowest BCUT2D eigenvalue weighted by Crippen LogP contribution is -2.21. The van der Waals surface area contributed by atoms with Crippen LogP contribution >= 0.6 is 0 Å². The Kier molecular flexibility index (Phi) is 1.80. The average Bonchev–Trinajstić information content (AvgIpc) is 2.87. The topological polar surface area (TPSA) is 0 Å². The van der Waals surface area contributed by atoms with Crippen LogP contribution in [0.25, 0.3) is 0 Å². The van der Waals surface area contributed by atoms with Crippen molar-refractivity contribution in [2.75, 3.05) is 0 Å². The molecule has 84 valence electrons. The standard InChI is InChI=1S/C17H16/c1-2-6-14-10-17(9-13(14)5-1)11-15-7-3-4-8-16(15)12-17/h1-8H,9-12H2. The molecular weight excluding hydrogens is 204 g/mol. The van der Waals surface area contributed by atoms with Gasteiger partial charge in [-0.1, -0.05) is 48.5 Å². The van der Waals surface area contributed by atoms with Crippen molar-refractivity contribution < 1.29 is 0 Å². The summed E-state index contributed by atoms with van der Waals surface area (Å²) in [6, 6.07) is 18.0. The van der Waals surface area contributed by atoms with Crippen molar-refractivity contribution in [3.05, 3.63) is 70.8 Å². The summed E-state index contributed by atoms with van der Waals surface area (Å²) in [4.78, 5) is 0. The van der Waals surface area contributed by atoms with Crippen LogP contribution in [-0.4, -0.2) is 0 Å². The number of benzene rings is 2. The first-order valence-electron chi connectivity index (χ1n) is 6.48. The Hall–Kier alpha value is -1.56. The van der Waals surface area contributed by atoms with E-state index in [1.807, 2.05) is 0 Å². The summed E-state index contributed by atoms with van der Waals surface area (Å²) >= 11 is 0. The van der Waals surface area contributed by atoms with Crippen LogP contribution in [0.3, 0.4) is 0 Å². The molecule has 0 saturated carbocycles. The van der Waals surface area contributed by atoms with Crippen LogP contribution in [-0.2, 0) is 25.7 Å². The molecule has 0 heteroatoms. The lowest BCUT2D eigenvalue weighted by atomic mass is 9.82. The normalized spacial score (nSPS) is 19.3. The lowest BCUT2D eigenvalue weighted by molar-refractivity contribution is 0.326. The summed E-state index contributed by atoms with van der Waals surface area (Å²) < 4.78 is 0. The fourth-order valence-electron chi connectivity index (χ4n) is 3.80. The van der Waals surface area contributed by atoms with Crippen LogP contribution in [0, 0.1) is 5.41 Å². The van der Waals surface area contributed by atoms with Crippen molar-refractivity contribution in [1.82, 2.24) is 0 Å². The molecule has 2 aliphatic rings. The SMILES string of the molecule is c1ccc2c(c1)CC1(C2)Cc2ccccc2C1. The third-order valence-electron chi connectivity index (χ3n) is 4.50. The maximum absolute atomic E-state index is 2.31. The van der Waals surface area contributed by atoms with Gasteiger partial charge >= 0.3 is 0 Å². The summed E-state index contributed by atoms with van der Waals surface area (Å²) in [6.07, 6.45) is 5.10. The van der Waals surface area contributed by atoms with Crippen LogP contribution < -0.4 is 0 Å². The highest BCUT2D eigenvalue weighted by Crippen LogP contribution is 2.46. The van der Waals surface area contributed by atoms with Gasteiger partial charge in [-0.15, -0.1) is 0 Å². The van der Waals surface area contributed by atoms with Gasteiger partial charge in [0.1, 0.15) is 0 Å². The van der Waals surface area contributed by atoms with Gasteiger partial charge in [-0.05, 0) is 53.4 Å². The molecule has 2 aromatic rings. The van der Waals surface area contributed by atoms with E-state index in [0.29, 0.717) is 5.41 Å². The fraction of sp³-hybridized carbons (Fsp3) is 0.294. The van der Waals surface area contributed by atoms with Crippen LogP contribution in [0.15, 0.2) is 48.5 Å². The Balaban J connectivity index is 1.72. The van der Waals surface area contributed by atoms with Gasteiger partial charge in [0.25, 0.3) is 0 Å². The van der Waals surface area contributed by atoms with Crippen LogP contribution in [0.2, 0.25) is 0 Å². The van der Waals surface area contributed by atoms with Crippen molar-refractivity contribution in [3.8, 4) is 0 Å². The van der Waals surface area contributed by atoms with Crippen molar-refractivity contribution in [1.29, 1.82) is 0 Å². The van der Waals surface area contributed by atoms with Crippen molar-refractivity contribution in [2.24, 2.45) is 5.41 Å². The second-order valence-corrected chi connectivity index (χ2v) is 5.74. The van der Waals surface area contributed by atoms with Crippen LogP contribution in [0.4, 0.5) is 0 Å². The molecule has 0 radical (unpaired) electrons. The third kappa shape index (κ3) is 1.37. The largest absolute Gasteiger partial charge is 0.0620 e. The molecule has 0 bridgehead atoms. The second kappa shape index (κ2) is 3.22. The van der Waals surface area contributed by atoms with Crippen LogP contribution in [0.5, 0.6) is 0 Å². The van der Waals surface area contributed by atoms with Gasteiger partial charge in [0.2, 0.25) is 0 Å². The summed E-state index contributed by atoms with van der Waals surface area (Å²) in [7, 11) is 0. The minimum Gasteiger partial charge on any atom is -0.0620 e. The molecule has 0 heterocycles. The number of hydrogen-bond acceptors (Lipinski definition) is 0. The van der Waals surface area contributed by atoms with Gasteiger partial charge < -0.3 is 0 Å². The summed E-state index contributed by atoms with van der Waals surface area (Å²) in [6.45, 7) is 0. The van der Waals surface area contributed by atoms with Gasteiger partial charge in [-0.2, -0.15) is 0 Å². The highest BCUT2D eigenvalue weighted by molar-refractivity contribution is 5.41. The fourth-order valence-corrected chi connectivity index (χ4v) is 3.80. The quantitative estimate of drug-likeness (QED) is 0.636. The molecule has 2 aliphatic carbocycles. The van der Waals surface area contributed by atoms with E-state index in [4.69, 9.17) is 0 Å². The zero-order valence-electron chi connectivity index (χ0n) is 9.95. The first kappa shape index (κ1) is 9.47. The molecule has 1 spiro atoms. The Morgan fingerprint density at radius 1 is 0.529 bits per heavy atom. The molecule has 0 amide bonds. The first-order valence-corrected chi connectivity index (χ1v) is 6.48. The summed E-state index contributed by atoms with van der Waals surface area (Å²) in [5.41, 5.74) is 6.84. The molecular formula is C17H16. The van der Waals surface area contributed by atoms with Crippen molar-refractivity contribution >= 4 is 0 Å². The molecule has 0 saturated heterocycles. The lowest BCUT2D eigenvalue weighted by Gasteiger charge is -2.21. The molecule has 0 unspecified atom stereocenters. The molecule has 4 rings (SSSR count). The Bertz CT molecular complexity index is 473. The second-order valence-electron chi connectivity index (χ2n) is 5.74. The van der Waals surface area contributed by atoms with Crippen molar-refractivity contribution in [3.63, 3.8) is 0 Å². The predicted molar refractivity (Wildman–Crippen MR) is 70.1 cm³/mol. The Morgan fingerprint density at radius 3 is 1.12 bits per heavy atom. The number of rotatable bonds is 0. The van der Waals surface area contributed by atoms with Gasteiger partial charge in [0.05, 0.1) is 0 Å². The molecule has 0 N–H and O–H groups in total. The molecule has 0 atom stereocenters. The van der Waals surface area contributed by atoms with Crippen LogP contribution in [0.1, 0.15) is 22.3 Å². The maximum Gasteiger partial charge on any atom is -0.0136 e. The van der Waals surface area contributed by atoms with Gasteiger partial charge in [-0.3, -0.25) is 0 Å². The highest BCUT2D eigenvalue weighted by Gasteiger charge is 2.41. The molecule has 17 heavy (non-hydrogen) atoms. The monoisotopic (exact) mass is 220 g/mol. The zero-order chi connectivity index (χ0) is 11.3. The molecule has 0 aromatic heterocycles. The highest BCUT2D eigenvalue weighted by atomic mass is 14.4. The van der Waals surface area contributed by atoms with E-state index in [0.717, 1.165) is 0 Å². The van der Waals surface area contributed by atoms with E-state index in [9.17, 15) is 0 Å². The van der Waals surface area contributed by atoms with E-state index in [1.165, 1.54) is 25.7 Å².